The molecule has 0 radical (unpaired) electrons. The number of aryl methyl sites for hydroxylation is 1. The van der Waals surface area contributed by atoms with Crippen molar-refractivity contribution in [1.29, 1.82) is 0 Å². The number of carbonyl (C=O) groups is 1. The molecule has 118 valence electrons. The summed E-state index contributed by atoms with van der Waals surface area (Å²) in [6.07, 6.45) is 0. The molecule has 0 aliphatic carbocycles. The summed E-state index contributed by atoms with van der Waals surface area (Å²) >= 11 is 1.51. The van der Waals surface area contributed by atoms with Crippen LogP contribution in [-0.4, -0.2) is 27.9 Å². The average Bonchev–Trinajstić information content (AvgIpc) is 3.18. The van der Waals surface area contributed by atoms with Gasteiger partial charge < -0.3 is 14.4 Å². The molecular weight excluding hydrogens is 312 g/mol. The molecule has 1 aromatic carbocycles. The van der Waals surface area contributed by atoms with E-state index in [1.54, 1.807) is 32.2 Å². The van der Waals surface area contributed by atoms with E-state index in [4.69, 9.17) is 4.42 Å². The van der Waals surface area contributed by atoms with E-state index in [0.717, 1.165) is 4.88 Å². The minimum absolute atomic E-state index is 0.170. The number of aromatic nitrogens is 1. The molecule has 0 saturated carbocycles. The molecule has 6 heteroatoms. The van der Waals surface area contributed by atoms with Crippen molar-refractivity contribution < 1.29 is 14.3 Å². The molecule has 5 nitrogen and oxygen atoms in total. The van der Waals surface area contributed by atoms with Gasteiger partial charge in [0.15, 0.2) is 5.69 Å². The predicted octanol–water partition coefficient (Wildman–Crippen LogP) is 3.69. The molecule has 0 aliphatic rings. The number of amides is 1. The van der Waals surface area contributed by atoms with Gasteiger partial charge in [0.1, 0.15) is 11.5 Å². The normalized spacial score (nSPS) is 10.7. The van der Waals surface area contributed by atoms with Crippen LogP contribution in [0.15, 0.2) is 46.2 Å². The molecule has 0 unspecified atom stereocenters. The van der Waals surface area contributed by atoms with E-state index in [-0.39, 0.29) is 11.7 Å². The van der Waals surface area contributed by atoms with Crippen LogP contribution in [0.2, 0.25) is 0 Å². The Morgan fingerprint density at radius 2 is 2.09 bits per heavy atom. The van der Waals surface area contributed by atoms with Crippen LogP contribution in [0, 0.1) is 6.92 Å². The third-order valence-corrected chi connectivity index (χ3v) is 4.33. The van der Waals surface area contributed by atoms with Crippen molar-refractivity contribution in [3.8, 4) is 16.5 Å². The van der Waals surface area contributed by atoms with E-state index in [2.05, 4.69) is 4.98 Å². The van der Waals surface area contributed by atoms with Gasteiger partial charge in [-0.15, -0.1) is 11.3 Å². The van der Waals surface area contributed by atoms with E-state index in [1.165, 1.54) is 16.2 Å². The molecular formula is C17H16N2O3S. The Morgan fingerprint density at radius 3 is 2.78 bits per heavy atom. The number of phenols is 1. The average molecular weight is 328 g/mol. The minimum atomic E-state index is -0.239. The molecule has 0 bridgehead atoms. The van der Waals surface area contributed by atoms with Crippen molar-refractivity contribution in [3.05, 3.63) is 58.8 Å². The maximum absolute atomic E-state index is 12.6. The fraction of sp³-hybridized carbons (Fsp3) is 0.176. The van der Waals surface area contributed by atoms with Crippen LogP contribution in [0.3, 0.4) is 0 Å². The number of benzene rings is 1. The quantitative estimate of drug-likeness (QED) is 0.793. The van der Waals surface area contributed by atoms with E-state index in [1.807, 2.05) is 23.6 Å². The van der Waals surface area contributed by atoms with Gasteiger partial charge in [-0.25, -0.2) is 4.98 Å². The standard InChI is InChI=1S/C17H16N2O3S/c1-11-15(18-16(22-11)14-8-5-9-23-14)17(21)19(2)10-12-6-3-4-7-13(12)20/h3-9,20H,10H2,1-2H3. The summed E-state index contributed by atoms with van der Waals surface area (Å²) in [5.74, 6) is 0.875. The molecule has 1 amide bonds. The number of thiophene rings is 1. The highest BCUT2D eigenvalue weighted by Crippen LogP contribution is 2.26. The Kier molecular flexibility index (Phi) is 4.16. The Morgan fingerprint density at radius 1 is 1.30 bits per heavy atom. The largest absolute Gasteiger partial charge is 0.508 e. The zero-order valence-corrected chi connectivity index (χ0v) is 13.6. The maximum atomic E-state index is 12.6. The molecule has 0 spiro atoms. The van der Waals surface area contributed by atoms with Crippen LogP contribution in [0.5, 0.6) is 5.75 Å². The summed E-state index contributed by atoms with van der Waals surface area (Å²) in [4.78, 5) is 19.3. The van der Waals surface area contributed by atoms with Crippen LogP contribution in [0.4, 0.5) is 0 Å². The first-order chi connectivity index (χ1) is 11.1. The highest BCUT2D eigenvalue weighted by molar-refractivity contribution is 7.13. The van der Waals surface area contributed by atoms with Crippen LogP contribution in [0.1, 0.15) is 21.8 Å². The minimum Gasteiger partial charge on any atom is -0.508 e. The second-order valence-corrected chi connectivity index (χ2v) is 6.14. The van der Waals surface area contributed by atoms with Gasteiger partial charge in [0.05, 0.1) is 4.88 Å². The Labute approximate surface area is 137 Å². The summed E-state index contributed by atoms with van der Waals surface area (Å²) < 4.78 is 5.61. The van der Waals surface area contributed by atoms with E-state index in [9.17, 15) is 9.90 Å². The smallest absolute Gasteiger partial charge is 0.276 e. The third kappa shape index (κ3) is 3.12. The first-order valence-electron chi connectivity index (χ1n) is 7.10. The van der Waals surface area contributed by atoms with Gasteiger partial charge in [-0.1, -0.05) is 24.3 Å². The number of hydrogen-bond donors (Lipinski definition) is 1. The van der Waals surface area contributed by atoms with Crippen molar-refractivity contribution >= 4 is 17.2 Å². The lowest BCUT2D eigenvalue weighted by atomic mass is 10.2. The number of oxazole rings is 1. The van der Waals surface area contributed by atoms with Gasteiger partial charge in [0.2, 0.25) is 5.89 Å². The number of rotatable bonds is 4. The third-order valence-electron chi connectivity index (χ3n) is 3.48. The molecule has 3 aromatic rings. The number of nitrogens with zero attached hydrogens (tertiary/aromatic N) is 2. The molecule has 23 heavy (non-hydrogen) atoms. The van der Waals surface area contributed by atoms with Crippen molar-refractivity contribution in [3.63, 3.8) is 0 Å². The fourth-order valence-corrected chi connectivity index (χ4v) is 2.90. The summed E-state index contributed by atoms with van der Waals surface area (Å²) in [6.45, 7) is 2.03. The monoisotopic (exact) mass is 328 g/mol. The molecule has 0 fully saturated rings. The number of hydrogen-bond acceptors (Lipinski definition) is 5. The van der Waals surface area contributed by atoms with Crippen molar-refractivity contribution in [2.75, 3.05) is 7.05 Å². The first kappa shape index (κ1) is 15.3. The summed E-state index contributed by atoms with van der Waals surface area (Å²) in [5, 5.41) is 11.8. The Hall–Kier alpha value is -2.60. The Bertz CT molecular complexity index is 824. The van der Waals surface area contributed by atoms with Gasteiger partial charge >= 0.3 is 0 Å². The molecule has 1 N–H and O–H groups in total. The van der Waals surface area contributed by atoms with Crippen LogP contribution in [-0.2, 0) is 6.54 Å². The summed E-state index contributed by atoms with van der Waals surface area (Å²) in [6, 6.07) is 10.8. The van der Waals surface area contributed by atoms with Gasteiger partial charge in [0.25, 0.3) is 5.91 Å². The van der Waals surface area contributed by atoms with Gasteiger partial charge in [-0.05, 0) is 24.4 Å². The second-order valence-electron chi connectivity index (χ2n) is 5.19. The van der Waals surface area contributed by atoms with Gasteiger partial charge in [0, 0.05) is 19.2 Å². The highest BCUT2D eigenvalue weighted by Gasteiger charge is 2.22. The molecule has 0 aliphatic heterocycles. The maximum Gasteiger partial charge on any atom is 0.276 e. The predicted molar refractivity (Wildman–Crippen MR) is 88.5 cm³/mol. The zero-order chi connectivity index (χ0) is 16.4. The molecule has 2 heterocycles. The highest BCUT2D eigenvalue weighted by atomic mass is 32.1. The number of carbonyl (C=O) groups excluding carboxylic acids is 1. The molecule has 0 saturated heterocycles. The van der Waals surface area contributed by atoms with Crippen LogP contribution in [0.25, 0.3) is 10.8 Å². The van der Waals surface area contributed by atoms with E-state index < -0.39 is 0 Å². The SMILES string of the molecule is Cc1oc(-c2cccs2)nc1C(=O)N(C)Cc1ccccc1O. The number of aromatic hydroxyl groups is 1. The van der Waals surface area contributed by atoms with E-state index in [0.29, 0.717) is 29.5 Å². The fourth-order valence-electron chi connectivity index (χ4n) is 2.25. The lowest BCUT2D eigenvalue weighted by Gasteiger charge is -2.16. The van der Waals surface area contributed by atoms with Crippen LogP contribution >= 0.6 is 11.3 Å². The molecule has 2 aromatic heterocycles. The van der Waals surface area contributed by atoms with Crippen LogP contribution < -0.4 is 0 Å². The number of para-hydroxylation sites is 1. The van der Waals surface area contributed by atoms with Gasteiger partial charge in [-0.3, -0.25) is 4.79 Å². The molecule has 0 atom stereocenters. The topological polar surface area (TPSA) is 66.6 Å². The first-order valence-corrected chi connectivity index (χ1v) is 7.98. The van der Waals surface area contributed by atoms with Crippen molar-refractivity contribution in [2.24, 2.45) is 0 Å². The Balaban J connectivity index is 1.81. The lowest BCUT2D eigenvalue weighted by molar-refractivity contribution is 0.0777. The summed E-state index contributed by atoms with van der Waals surface area (Å²) in [7, 11) is 1.67. The zero-order valence-electron chi connectivity index (χ0n) is 12.8. The van der Waals surface area contributed by atoms with E-state index >= 15 is 0 Å². The second kappa shape index (κ2) is 6.26. The van der Waals surface area contributed by atoms with Gasteiger partial charge in [-0.2, -0.15) is 0 Å². The number of phenolic OH excluding ortho intramolecular Hbond substituents is 1. The molecule has 3 rings (SSSR count). The van der Waals surface area contributed by atoms with Crippen molar-refractivity contribution in [2.45, 2.75) is 13.5 Å². The van der Waals surface area contributed by atoms with Crippen molar-refractivity contribution in [1.82, 2.24) is 9.88 Å². The summed E-state index contributed by atoms with van der Waals surface area (Å²) in [5.41, 5.74) is 0.981. The lowest BCUT2D eigenvalue weighted by Crippen LogP contribution is -2.27.